The number of aryl methyl sites for hydroxylation is 3. The molecule has 5 aromatic rings. The zero-order valence-corrected chi connectivity index (χ0v) is 25.4. The number of piperidine rings is 1. The topological polar surface area (TPSA) is 198 Å². The van der Waals surface area contributed by atoms with Crippen molar-refractivity contribution in [3.8, 4) is 0 Å². The van der Waals surface area contributed by atoms with Crippen LogP contribution >= 0.6 is 0 Å². The summed E-state index contributed by atoms with van der Waals surface area (Å²) in [4.78, 5) is 47.6. The lowest BCUT2D eigenvalue weighted by Crippen LogP contribution is -2.40. The molecule has 1 aliphatic rings. The largest absolute Gasteiger partial charge is 0.369 e. The van der Waals surface area contributed by atoms with E-state index in [2.05, 4.69) is 20.0 Å². The third kappa shape index (κ3) is 5.90. The summed E-state index contributed by atoms with van der Waals surface area (Å²) in [6, 6.07) is 12.2. The number of rotatable bonds is 10. The van der Waals surface area contributed by atoms with Crippen molar-refractivity contribution >= 4 is 57.5 Å². The van der Waals surface area contributed by atoms with Crippen LogP contribution in [-0.4, -0.2) is 64.6 Å². The lowest BCUT2D eigenvalue weighted by Gasteiger charge is -2.32. The molecular weight excluding hydrogens is 574 g/mol. The second-order valence-electron chi connectivity index (χ2n) is 11.5. The SMILES string of the molecule is CCn1nc(C)cc1Nc1nc2cc(C(N)=O)ccc2n1CCC1CCN(C(=O)Cn2c(N)nc3cc(C(N)=O)ccc32)CC1. The molecule has 2 aromatic carbocycles. The van der Waals surface area contributed by atoms with E-state index in [0.29, 0.717) is 65.7 Å². The number of carbonyl (C=O) groups excluding carboxylic acids is 3. The van der Waals surface area contributed by atoms with Crippen LogP contribution in [0.5, 0.6) is 0 Å². The smallest absolute Gasteiger partial charge is 0.248 e. The number of benzene rings is 2. The van der Waals surface area contributed by atoms with Gasteiger partial charge in [-0.3, -0.25) is 14.4 Å². The maximum Gasteiger partial charge on any atom is 0.248 e. The van der Waals surface area contributed by atoms with Gasteiger partial charge in [-0.2, -0.15) is 5.10 Å². The second kappa shape index (κ2) is 11.9. The van der Waals surface area contributed by atoms with Gasteiger partial charge in [-0.25, -0.2) is 14.6 Å². The van der Waals surface area contributed by atoms with Crippen molar-refractivity contribution in [2.45, 2.75) is 52.7 Å². The molecular formula is C31H37N11O3. The number of nitrogen functional groups attached to an aromatic ring is 1. The molecule has 3 aromatic heterocycles. The minimum Gasteiger partial charge on any atom is -0.369 e. The summed E-state index contributed by atoms with van der Waals surface area (Å²) in [5, 5.41) is 7.98. The zero-order valence-electron chi connectivity index (χ0n) is 25.4. The van der Waals surface area contributed by atoms with Gasteiger partial charge in [0.15, 0.2) is 0 Å². The molecule has 0 radical (unpaired) electrons. The van der Waals surface area contributed by atoms with Crippen LogP contribution in [0.15, 0.2) is 42.5 Å². The first-order chi connectivity index (χ1) is 21.6. The minimum absolute atomic E-state index is 0.0291. The van der Waals surface area contributed by atoms with E-state index >= 15 is 0 Å². The summed E-state index contributed by atoms with van der Waals surface area (Å²) < 4.78 is 5.69. The molecule has 0 saturated carbocycles. The summed E-state index contributed by atoms with van der Waals surface area (Å²) in [5.74, 6) is 1.07. The lowest BCUT2D eigenvalue weighted by atomic mass is 9.93. The number of hydrogen-bond acceptors (Lipinski definition) is 8. The van der Waals surface area contributed by atoms with Crippen molar-refractivity contribution in [2.24, 2.45) is 17.4 Å². The van der Waals surface area contributed by atoms with E-state index in [1.54, 1.807) is 34.9 Å². The van der Waals surface area contributed by atoms with E-state index < -0.39 is 11.8 Å². The molecule has 1 fully saturated rings. The number of amides is 3. The number of carbonyl (C=O) groups is 3. The maximum absolute atomic E-state index is 13.3. The van der Waals surface area contributed by atoms with Gasteiger partial charge >= 0.3 is 0 Å². The van der Waals surface area contributed by atoms with E-state index in [9.17, 15) is 14.4 Å². The molecule has 1 saturated heterocycles. The van der Waals surface area contributed by atoms with Crippen LogP contribution in [0.25, 0.3) is 22.1 Å². The van der Waals surface area contributed by atoms with E-state index in [-0.39, 0.29) is 18.4 Å². The molecule has 234 valence electrons. The Morgan fingerprint density at radius 3 is 2.16 bits per heavy atom. The Hall–Kier alpha value is -5.40. The number of fused-ring (bicyclic) bond motifs is 2. The molecule has 14 nitrogen and oxygen atoms in total. The molecule has 14 heteroatoms. The highest BCUT2D eigenvalue weighted by Crippen LogP contribution is 2.28. The number of likely N-dealkylation sites (tertiary alicyclic amines) is 1. The van der Waals surface area contributed by atoms with Crippen LogP contribution in [0.1, 0.15) is 52.6 Å². The summed E-state index contributed by atoms with van der Waals surface area (Å²) in [6.45, 7) is 6.76. The summed E-state index contributed by atoms with van der Waals surface area (Å²) in [6.07, 6.45) is 2.64. The van der Waals surface area contributed by atoms with Crippen molar-refractivity contribution in [3.05, 3.63) is 59.3 Å². The average molecular weight is 612 g/mol. The Bertz CT molecular complexity index is 1930. The Morgan fingerprint density at radius 1 is 0.911 bits per heavy atom. The number of anilines is 3. The van der Waals surface area contributed by atoms with E-state index in [4.69, 9.17) is 22.2 Å². The Kier molecular flexibility index (Phi) is 7.87. The van der Waals surface area contributed by atoms with E-state index in [1.165, 1.54) is 0 Å². The molecule has 45 heavy (non-hydrogen) atoms. The van der Waals surface area contributed by atoms with Crippen molar-refractivity contribution in [1.29, 1.82) is 0 Å². The fourth-order valence-electron chi connectivity index (χ4n) is 6.09. The molecule has 0 unspecified atom stereocenters. The third-order valence-electron chi connectivity index (χ3n) is 8.56. The van der Waals surface area contributed by atoms with Crippen molar-refractivity contribution in [1.82, 2.24) is 33.8 Å². The lowest BCUT2D eigenvalue weighted by molar-refractivity contribution is -0.133. The molecule has 3 amide bonds. The molecule has 4 heterocycles. The number of primary amides is 2. The van der Waals surface area contributed by atoms with Crippen LogP contribution < -0.4 is 22.5 Å². The molecule has 1 aliphatic heterocycles. The maximum atomic E-state index is 13.3. The molecule has 6 rings (SSSR count). The highest BCUT2D eigenvalue weighted by molar-refractivity contribution is 5.97. The zero-order chi connectivity index (χ0) is 31.8. The Morgan fingerprint density at radius 2 is 1.53 bits per heavy atom. The van der Waals surface area contributed by atoms with E-state index in [0.717, 1.165) is 36.3 Å². The van der Waals surface area contributed by atoms with Gasteiger partial charge in [0.05, 0.1) is 27.8 Å². The van der Waals surface area contributed by atoms with Gasteiger partial charge in [-0.15, -0.1) is 0 Å². The van der Waals surface area contributed by atoms with Crippen molar-refractivity contribution < 1.29 is 14.4 Å². The van der Waals surface area contributed by atoms with Gasteiger partial charge in [-0.05, 0) is 75.4 Å². The molecule has 0 aliphatic carbocycles. The Labute approximate surface area is 259 Å². The fourth-order valence-corrected chi connectivity index (χ4v) is 6.09. The predicted molar refractivity (Wildman–Crippen MR) is 171 cm³/mol. The summed E-state index contributed by atoms with van der Waals surface area (Å²) in [5.41, 5.74) is 21.5. The van der Waals surface area contributed by atoms with Crippen LogP contribution in [0.3, 0.4) is 0 Å². The van der Waals surface area contributed by atoms with Gasteiger partial charge in [0.1, 0.15) is 12.4 Å². The molecule has 7 N–H and O–H groups in total. The first-order valence-electron chi connectivity index (χ1n) is 15.1. The van der Waals surface area contributed by atoms with Gasteiger partial charge in [-0.1, -0.05) is 0 Å². The number of nitrogens with one attached hydrogen (secondary N) is 1. The van der Waals surface area contributed by atoms with Gasteiger partial charge < -0.3 is 36.6 Å². The highest BCUT2D eigenvalue weighted by atomic mass is 16.2. The Balaban J connectivity index is 1.13. The normalized spacial score (nSPS) is 14.0. The number of nitrogens with two attached hydrogens (primary N) is 3. The monoisotopic (exact) mass is 611 g/mol. The van der Waals surface area contributed by atoms with Crippen LogP contribution in [0.2, 0.25) is 0 Å². The first kappa shape index (κ1) is 29.7. The number of imidazole rings is 2. The number of nitrogens with zero attached hydrogens (tertiary/aromatic N) is 7. The van der Waals surface area contributed by atoms with E-state index in [1.807, 2.05) is 35.6 Å². The van der Waals surface area contributed by atoms with Crippen molar-refractivity contribution in [3.63, 3.8) is 0 Å². The van der Waals surface area contributed by atoms with Crippen LogP contribution in [0.4, 0.5) is 17.7 Å². The quantitative estimate of drug-likeness (QED) is 0.185. The standard InChI is InChI=1S/C31H37N11O3/c1-3-42-26(14-18(2)38-42)37-31-36-23-16-21(29(33)45)4-6-24(23)40(31)13-10-19-8-11-39(12-9-19)27(43)17-41-25-7-5-20(28(32)44)15-22(25)35-30(41)34/h4-7,14-16,19H,3,8-13,17H2,1-2H3,(H2,32,44)(H2,33,45)(H2,34,35)(H,36,37). The molecule has 0 spiro atoms. The third-order valence-corrected chi connectivity index (χ3v) is 8.56. The van der Waals surface area contributed by atoms with Gasteiger partial charge in [0.25, 0.3) is 0 Å². The highest BCUT2D eigenvalue weighted by Gasteiger charge is 2.25. The predicted octanol–water partition coefficient (Wildman–Crippen LogP) is 2.76. The number of aromatic nitrogens is 6. The van der Waals surface area contributed by atoms with Crippen molar-refractivity contribution in [2.75, 3.05) is 24.1 Å². The van der Waals surface area contributed by atoms with Gasteiger partial charge in [0, 0.05) is 43.4 Å². The van der Waals surface area contributed by atoms with Crippen LogP contribution in [0, 0.1) is 12.8 Å². The van der Waals surface area contributed by atoms with Crippen LogP contribution in [-0.2, 0) is 24.4 Å². The first-order valence-corrected chi connectivity index (χ1v) is 15.1. The minimum atomic E-state index is -0.547. The summed E-state index contributed by atoms with van der Waals surface area (Å²) in [7, 11) is 0. The molecule has 0 bridgehead atoms. The average Bonchev–Trinajstić information content (AvgIpc) is 3.66. The van der Waals surface area contributed by atoms with Gasteiger partial charge in [0.2, 0.25) is 29.6 Å². The summed E-state index contributed by atoms with van der Waals surface area (Å²) >= 11 is 0. The second-order valence-corrected chi connectivity index (χ2v) is 11.5. The fraction of sp³-hybridized carbons (Fsp3) is 0.355. The molecule has 0 atom stereocenters. The number of hydrogen-bond donors (Lipinski definition) is 4.